The Balaban J connectivity index is 2.33. The van der Waals surface area contributed by atoms with Crippen LogP contribution in [0.5, 0.6) is 11.5 Å². The van der Waals surface area contributed by atoms with Crippen molar-refractivity contribution in [1.82, 2.24) is 0 Å². The Morgan fingerprint density at radius 1 is 1.06 bits per heavy atom. The van der Waals surface area contributed by atoms with Gasteiger partial charge >= 0.3 is 0 Å². The van der Waals surface area contributed by atoms with E-state index in [2.05, 4.69) is 6.07 Å². The van der Waals surface area contributed by atoms with Crippen molar-refractivity contribution in [2.24, 2.45) is 0 Å². The molecule has 0 aliphatic heterocycles. The summed E-state index contributed by atoms with van der Waals surface area (Å²) in [7, 11) is 0. The van der Waals surface area contributed by atoms with Gasteiger partial charge in [0.1, 0.15) is 17.3 Å². The van der Waals surface area contributed by atoms with E-state index in [1.165, 1.54) is 12.1 Å². The van der Waals surface area contributed by atoms with Crippen LogP contribution in [0.15, 0.2) is 36.4 Å². The third kappa shape index (κ3) is 3.02. The Hall–Kier alpha value is -1.54. The lowest BCUT2D eigenvalue weighted by atomic mass is 10.1. The molecule has 0 saturated heterocycles. The van der Waals surface area contributed by atoms with Crippen molar-refractivity contribution in [1.29, 1.82) is 0 Å². The topological polar surface area (TPSA) is 9.23 Å². The Morgan fingerprint density at radius 2 is 1.72 bits per heavy atom. The van der Waals surface area contributed by atoms with Crippen LogP contribution in [0.4, 0.5) is 4.39 Å². The normalized spacial score (nSPS) is 10.4. The second-order valence-electron chi connectivity index (χ2n) is 4.31. The highest BCUT2D eigenvalue weighted by atomic mass is 35.5. The lowest BCUT2D eigenvalue weighted by Gasteiger charge is -2.11. The van der Waals surface area contributed by atoms with E-state index in [1.807, 2.05) is 26.0 Å². The first kappa shape index (κ1) is 12.9. The molecule has 3 heteroatoms. The zero-order valence-electron chi connectivity index (χ0n) is 10.3. The molecule has 0 unspecified atom stereocenters. The maximum Gasteiger partial charge on any atom is 0.132 e. The number of benzene rings is 2. The summed E-state index contributed by atoms with van der Waals surface area (Å²) in [5.74, 6) is 1.25. The van der Waals surface area contributed by atoms with Crippen LogP contribution in [0.25, 0.3) is 0 Å². The summed E-state index contributed by atoms with van der Waals surface area (Å²) in [6.45, 7) is 4.01. The molecule has 2 aromatic carbocycles. The number of halogens is 2. The minimum atomic E-state index is -0.307. The molecular weight excluding hydrogens is 251 g/mol. The molecule has 0 bridgehead atoms. The van der Waals surface area contributed by atoms with Gasteiger partial charge in [-0.05, 0) is 55.3 Å². The first-order chi connectivity index (χ1) is 8.58. The monoisotopic (exact) mass is 264 g/mol. The van der Waals surface area contributed by atoms with E-state index in [9.17, 15) is 4.39 Å². The summed E-state index contributed by atoms with van der Waals surface area (Å²) in [5.41, 5.74) is 2.90. The summed E-state index contributed by atoms with van der Waals surface area (Å²) in [6, 6.07) is 10.3. The summed E-state index contributed by atoms with van der Waals surface area (Å²) in [4.78, 5) is 0. The van der Waals surface area contributed by atoms with Gasteiger partial charge in [-0.1, -0.05) is 6.07 Å². The van der Waals surface area contributed by atoms with Crippen LogP contribution < -0.4 is 4.74 Å². The largest absolute Gasteiger partial charge is 0.457 e. The van der Waals surface area contributed by atoms with E-state index < -0.39 is 0 Å². The molecular formula is C15H14ClFO. The summed E-state index contributed by atoms with van der Waals surface area (Å²) in [5, 5.41) is 0. The summed E-state index contributed by atoms with van der Waals surface area (Å²) >= 11 is 5.79. The second kappa shape index (κ2) is 5.40. The Morgan fingerprint density at radius 3 is 2.33 bits per heavy atom. The Bertz CT molecular complexity index is 546. The smallest absolute Gasteiger partial charge is 0.132 e. The lowest BCUT2D eigenvalue weighted by molar-refractivity contribution is 0.475. The molecule has 0 radical (unpaired) electrons. The van der Waals surface area contributed by atoms with E-state index >= 15 is 0 Å². The van der Waals surface area contributed by atoms with Gasteiger partial charge in [-0.2, -0.15) is 0 Å². The molecule has 2 rings (SSSR count). The maximum absolute atomic E-state index is 13.1. The molecule has 0 amide bonds. The average Bonchev–Trinajstić information content (AvgIpc) is 2.30. The lowest BCUT2D eigenvalue weighted by Crippen LogP contribution is -1.92. The SMILES string of the molecule is Cc1cc(C)cc(Oc2ccc(F)cc2CCl)c1. The third-order valence-corrected chi connectivity index (χ3v) is 2.88. The number of alkyl halides is 1. The van der Waals surface area contributed by atoms with Crippen LogP contribution in [0.1, 0.15) is 16.7 Å². The Labute approximate surface area is 111 Å². The van der Waals surface area contributed by atoms with Crippen LogP contribution in [0, 0.1) is 19.7 Å². The molecule has 0 N–H and O–H groups in total. The molecule has 0 aliphatic carbocycles. The van der Waals surface area contributed by atoms with Gasteiger partial charge < -0.3 is 4.74 Å². The number of ether oxygens (including phenoxy) is 1. The highest BCUT2D eigenvalue weighted by molar-refractivity contribution is 6.17. The number of hydrogen-bond donors (Lipinski definition) is 0. The average molecular weight is 265 g/mol. The highest BCUT2D eigenvalue weighted by Crippen LogP contribution is 2.28. The molecule has 0 aliphatic rings. The van der Waals surface area contributed by atoms with Crippen molar-refractivity contribution in [3.05, 3.63) is 58.9 Å². The molecule has 0 fully saturated rings. The molecule has 2 aromatic rings. The highest BCUT2D eigenvalue weighted by Gasteiger charge is 2.06. The second-order valence-corrected chi connectivity index (χ2v) is 4.58. The fourth-order valence-electron chi connectivity index (χ4n) is 1.87. The minimum absolute atomic E-state index is 0.220. The molecule has 0 aromatic heterocycles. The van der Waals surface area contributed by atoms with Crippen molar-refractivity contribution >= 4 is 11.6 Å². The molecule has 1 nitrogen and oxygen atoms in total. The standard InChI is InChI=1S/C15H14ClFO/c1-10-5-11(2)7-14(6-10)18-15-4-3-13(17)8-12(15)9-16/h3-8H,9H2,1-2H3. The van der Waals surface area contributed by atoms with Crippen LogP contribution in [0.3, 0.4) is 0 Å². The Kier molecular flexibility index (Phi) is 3.87. The van der Waals surface area contributed by atoms with Crippen molar-refractivity contribution in [3.8, 4) is 11.5 Å². The molecule has 94 valence electrons. The fourth-order valence-corrected chi connectivity index (χ4v) is 2.08. The van der Waals surface area contributed by atoms with Gasteiger partial charge in [-0.15, -0.1) is 11.6 Å². The quantitative estimate of drug-likeness (QED) is 0.711. The third-order valence-electron chi connectivity index (χ3n) is 2.59. The van der Waals surface area contributed by atoms with Crippen LogP contribution in [-0.4, -0.2) is 0 Å². The van der Waals surface area contributed by atoms with E-state index in [1.54, 1.807) is 6.07 Å². The summed E-state index contributed by atoms with van der Waals surface area (Å²) < 4.78 is 18.9. The van der Waals surface area contributed by atoms with E-state index in [-0.39, 0.29) is 11.7 Å². The van der Waals surface area contributed by atoms with Gasteiger partial charge in [0.2, 0.25) is 0 Å². The maximum atomic E-state index is 13.1. The van der Waals surface area contributed by atoms with Crippen LogP contribution >= 0.6 is 11.6 Å². The number of aryl methyl sites for hydroxylation is 2. The van der Waals surface area contributed by atoms with Gasteiger partial charge in [0, 0.05) is 5.56 Å². The van der Waals surface area contributed by atoms with Crippen molar-refractivity contribution in [2.75, 3.05) is 0 Å². The molecule has 0 spiro atoms. The van der Waals surface area contributed by atoms with E-state index in [4.69, 9.17) is 16.3 Å². The molecule has 0 atom stereocenters. The van der Waals surface area contributed by atoms with Gasteiger partial charge in [0.25, 0.3) is 0 Å². The minimum Gasteiger partial charge on any atom is -0.457 e. The van der Waals surface area contributed by atoms with Gasteiger partial charge in [-0.25, -0.2) is 4.39 Å². The molecule has 0 heterocycles. The molecule has 0 saturated carbocycles. The number of rotatable bonds is 3. The van der Waals surface area contributed by atoms with Crippen LogP contribution in [0.2, 0.25) is 0 Å². The zero-order valence-corrected chi connectivity index (χ0v) is 11.1. The summed E-state index contributed by atoms with van der Waals surface area (Å²) in [6.07, 6.45) is 0. The predicted molar refractivity (Wildman–Crippen MR) is 71.9 cm³/mol. The fraction of sp³-hybridized carbons (Fsp3) is 0.200. The van der Waals surface area contributed by atoms with E-state index in [0.29, 0.717) is 11.3 Å². The first-order valence-corrected chi connectivity index (χ1v) is 6.22. The van der Waals surface area contributed by atoms with Crippen LogP contribution in [-0.2, 0) is 5.88 Å². The van der Waals surface area contributed by atoms with Crippen molar-refractivity contribution in [2.45, 2.75) is 19.7 Å². The first-order valence-electron chi connectivity index (χ1n) is 5.69. The predicted octanol–water partition coefficient (Wildman–Crippen LogP) is 4.97. The van der Waals surface area contributed by atoms with Crippen molar-refractivity contribution in [3.63, 3.8) is 0 Å². The van der Waals surface area contributed by atoms with Gasteiger partial charge in [0.05, 0.1) is 5.88 Å². The van der Waals surface area contributed by atoms with E-state index in [0.717, 1.165) is 16.9 Å². The number of hydrogen-bond acceptors (Lipinski definition) is 1. The van der Waals surface area contributed by atoms with Crippen molar-refractivity contribution < 1.29 is 9.13 Å². The van der Waals surface area contributed by atoms with Gasteiger partial charge in [-0.3, -0.25) is 0 Å². The van der Waals surface area contributed by atoms with Gasteiger partial charge in [0.15, 0.2) is 0 Å². The zero-order chi connectivity index (χ0) is 13.1. The molecule has 18 heavy (non-hydrogen) atoms.